The van der Waals surface area contributed by atoms with Crippen LogP contribution in [0.4, 0.5) is 0 Å². The number of nitrogens with zero attached hydrogens (tertiary/aromatic N) is 2. The van der Waals surface area contributed by atoms with Gasteiger partial charge in [0.05, 0.1) is 11.4 Å². The molecule has 4 heteroatoms. The molecule has 0 saturated heterocycles. The summed E-state index contributed by atoms with van der Waals surface area (Å²) in [5.41, 5.74) is 4.86. The van der Waals surface area contributed by atoms with Crippen LogP contribution in [-0.2, 0) is 13.5 Å². The molecule has 0 saturated carbocycles. The van der Waals surface area contributed by atoms with Gasteiger partial charge >= 0.3 is 0 Å². The highest BCUT2D eigenvalue weighted by molar-refractivity contribution is 6.30. The molecule has 0 bridgehead atoms. The van der Waals surface area contributed by atoms with E-state index < -0.39 is 0 Å². The number of aromatic nitrogens is 2. The molecule has 0 radical (unpaired) electrons. The molecule has 2 heterocycles. The van der Waals surface area contributed by atoms with E-state index in [0.717, 1.165) is 23.6 Å². The minimum Gasteiger partial charge on any atom is -0.308 e. The molecule has 3 rings (SSSR count). The Bertz CT molecular complexity index is 589. The minimum absolute atomic E-state index is 0.327. The predicted molar refractivity (Wildman–Crippen MR) is 73.8 cm³/mol. The lowest BCUT2D eigenvalue weighted by atomic mass is 9.97. The molecule has 3 nitrogen and oxygen atoms in total. The number of rotatable bonds is 1. The van der Waals surface area contributed by atoms with Gasteiger partial charge < -0.3 is 5.32 Å². The number of nitrogens with one attached hydrogen (secondary N) is 1. The maximum atomic E-state index is 6.08. The second-order valence-corrected chi connectivity index (χ2v) is 5.21. The normalized spacial score (nSPS) is 18.7. The van der Waals surface area contributed by atoms with Crippen LogP contribution in [0.15, 0.2) is 24.3 Å². The monoisotopic (exact) mass is 261 g/mol. The Morgan fingerprint density at radius 1 is 1.44 bits per heavy atom. The summed E-state index contributed by atoms with van der Waals surface area (Å²) >= 11 is 6.08. The Hall–Kier alpha value is -1.32. The van der Waals surface area contributed by atoms with Crippen LogP contribution in [0.2, 0.25) is 5.02 Å². The quantitative estimate of drug-likeness (QED) is 0.855. The smallest absolute Gasteiger partial charge is 0.0830 e. The van der Waals surface area contributed by atoms with E-state index in [9.17, 15) is 0 Å². The molecule has 0 aliphatic carbocycles. The third-order valence-corrected chi connectivity index (χ3v) is 3.75. The second kappa shape index (κ2) is 4.41. The van der Waals surface area contributed by atoms with Crippen molar-refractivity contribution in [1.29, 1.82) is 0 Å². The highest BCUT2D eigenvalue weighted by atomic mass is 35.5. The fourth-order valence-corrected chi connectivity index (χ4v) is 2.88. The van der Waals surface area contributed by atoms with Gasteiger partial charge in [0, 0.05) is 29.2 Å². The van der Waals surface area contributed by atoms with E-state index in [4.69, 9.17) is 11.6 Å². The zero-order valence-corrected chi connectivity index (χ0v) is 11.3. The Labute approximate surface area is 112 Å². The topological polar surface area (TPSA) is 29.9 Å². The van der Waals surface area contributed by atoms with E-state index >= 15 is 0 Å². The molecule has 1 atom stereocenters. The summed E-state index contributed by atoms with van der Waals surface area (Å²) < 4.78 is 1.97. The Morgan fingerprint density at radius 2 is 2.28 bits per heavy atom. The van der Waals surface area contributed by atoms with E-state index in [0.29, 0.717) is 6.04 Å². The number of hydrogen-bond donors (Lipinski definition) is 1. The predicted octanol–water partition coefficient (Wildman–Crippen LogP) is 2.95. The molecular weight excluding hydrogens is 246 g/mol. The van der Waals surface area contributed by atoms with Crippen LogP contribution in [0.3, 0.4) is 0 Å². The average molecular weight is 262 g/mol. The molecule has 1 aromatic heterocycles. The third-order valence-electron chi connectivity index (χ3n) is 3.51. The summed E-state index contributed by atoms with van der Waals surface area (Å²) in [5.74, 6) is 0. The number of halogens is 1. The van der Waals surface area contributed by atoms with Crippen molar-refractivity contribution in [2.45, 2.75) is 19.4 Å². The van der Waals surface area contributed by atoms with E-state index in [-0.39, 0.29) is 0 Å². The van der Waals surface area contributed by atoms with Crippen LogP contribution in [0, 0.1) is 0 Å². The summed E-state index contributed by atoms with van der Waals surface area (Å²) in [6.45, 7) is 3.17. The molecule has 0 spiro atoms. The van der Waals surface area contributed by atoms with Crippen molar-refractivity contribution in [3.05, 3.63) is 40.5 Å². The largest absolute Gasteiger partial charge is 0.308 e. The molecule has 1 aliphatic heterocycles. The van der Waals surface area contributed by atoms with Gasteiger partial charge in [-0.1, -0.05) is 23.7 Å². The van der Waals surface area contributed by atoms with E-state index in [2.05, 4.69) is 23.4 Å². The van der Waals surface area contributed by atoms with E-state index in [1.807, 2.05) is 29.9 Å². The third kappa shape index (κ3) is 1.84. The Kier molecular flexibility index (Phi) is 2.88. The number of benzene rings is 1. The minimum atomic E-state index is 0.327. The molecule has 1 N–H and O–H groups in total. The zero-order chi connectivity index (χ0) is 12.7. The molecular formula is C14H16ClN3. The fourth-order valence-electron chi connectivity index (χ4n) is 2.69. The standard InChI is InChI=1S/C14H16ClN3/c1-9-13-12(6-7-16-9)14(18(2)17-13)10-4-3-5-11(15)8-10/h3-5,8-9,16H,6-7H2,1-2H3. The van der Waals surface area contributed by atoms with Crippen molar-refractivity contribution >= 4 is 11.6 Å². The molecule has 18 heavy (non-hydrogen) atoms. The van der Waals surface area contributed by atoms with Gasteiger partial charge in [-0.05, 0) is 32.0 Å². The highest BCUT2D eigenvalue weighted by Gasteiger charge is 2.24. The first-order valence-corrected chi connectivity index (χ1v) is 6.59. The number of hydrogen-bond acceptors (Lipinski definition) is 2. The summed E-state index contributed by atoms with van der Waals surface area (Å²) in [6.07, 6.45) is 1.02. The molecule has 1 aromatic carbocycles. The van der Waals surface area contributed by atoms with Crippen molar-refractivity contribution < 1.29 is 0 Å². The summed E-state index contributed by atoms with van der Waals surface area (Å²) in [4.78, 5) is 0. The van der Waals surface area contributed by atoms with Crippen LogP contribution in [-0.4, -0.2) is 16.3 Å². The Morgan fingerprint density at radius 3 is 3.06 bits per heavy atom. The van der Waals surface area contributed by atoms with Crippen molar-refractivity contribution in [2.24, 2.45) is 7.05 Å². The first kappa shape index (κ1) is 11.8. The summed E-state index contributed by atoms with van der Waals surface area (Å²) in [7, 11) is 2.00. The zero-order valence-electron chi connectivity index (χ0n) is 10.6. The Balaban J connectivity index is 2.18. The van der Waals surface area contributed by atoms with Crippen LogP contribution < -0.4 is 5.32 Å². The summed E-state index contributed by atoms with van der Waals surface area (Å²) in [5, 5.41) is 8.86. The molecule has 0 fully saturated rings. The lowest BCUT2D eigenvalue weighted by Crippen LogP contribution is -2.27. The van der Waals surface area contributed by atoms with Crippen LogP contribution in [0.25, 0.3) is 11.3 Å². The van der Waals surface area contributed by atoms with Gasteiger partial charge in [-0.3, -0.25) is 4.68 Å². The lowest BCUT2D eigenvalue weighted by molar-refractivity contribution is 0.525. The first-order chi connectivity index (χ1) is 8.66. The maximum absolute atomic E-state index is 6.08. The second-order valence-electron chi connectivity index (χ2n) is 4.77. The fraction of sp³-hybridized carbons (Fsp3) is 0.357. The van der Waals surface area contributed by atoms with E-state index in [1.165, 1.54) is 17.0 Å². The molecule has 1 unspecified atom stereocenters. The van der Waals surface area contributed by atoms with Crippen LogP contribution in [0.1, 0.15) is 24.2 Å². The molecule has 94 valence electrons. The van der Waals surface area contributed by atoms with Gasteiger partial charge in [0.15, 0.2) is 0 Å². The lowest BCUT2D eigenvalue weighted by Gasteiger charge is -2.19. The number of aryl methyl sites for hydroxylation is 1. The average Bonchev–Trinajstić information content (AvgIpc) is 2.67. The molecule has 0 amide bonds. The van der Waals surface area contributed by atoms with Gasteiger partial charge in [-0.2, -0.15) is 5.10 Å². The van der Waals surface area contributed by atoms with Gasteiger partial charge in [0.25, 0.3) is 0 Å². The van der Waals surface area contributed by atoms with Crippen molar-refractivity contribution in [1.82, 2.24) is 15.1 Å². The molecule has 1 aliphatic rings. The first-order valence-electron chi connectivity index (χ1n) is 6.22. The van der Waals surface area contributed by atoms with Gasteiger partial charge in [-0.15, -0.1) is 0 Å². The van der Waals surface area contributed by atoms with Gasteiger partial charge in [-0.25, -0.2) is 0 Å². The summed E-state index contributed by atoms with van der Waals surface area (Å²) in [6, 6.07) is 8.31. The van der Waals surface area contributed by atoms with Crippen molar-refractivity contribution in [3.63, 3.8) is 0 Å². The maximum Gasteiger partial charge on any atom is 0.0830 e. The van der Waals surface area contributed by atoms with Crippen LogP contribution in [0.5, 0.6) is 0 Å². The highest BCUT2D eigenvalue weighted by Crippen LogP contribution is 2.32. The molecule has 2 aromatic rings. The van der Waals surface area contributed by atoms with Crippen LogP contribution >= 0.6 is 11.6 Å². The van der Waals surface area contributed by atoms with Gasteiger partial charge in [0.2, 0.25) is 0 Å². The van der Waals surface area contributed by atoms with Crippen molar-refractivity contribution in [3.8, 4) is 11.3 Å². The van der Waals surface area contributed by atoms with E-state index in [1.54, 1.807) is 0 Å². The number of fused-ring (bicyclic) bond motifs is 1. The SMILES string of the molecule is CC1NCCc2c1nn(C)c2-c1cccc(Cl)c1. The van der Waals surface area contributed by atoms with Gasteiger partial charge in [0.1, 0.15) is 0 Å². The van der Waals surface area contributed by atoms with Crippen molar-refractivity contribution in [2.75, 3.05) is 6.54 Å².